The Morgan fingerprint density at radius 2 is 1.31 bits per heavy atom. The molecule has 4 nitrogen and oxygen atoms in total. The molecule has 154 valence electrons. The van der Waals surface area contributed by atoms with Crippen LogP contribution < -0.4 is 0 Å². The van der Waals surface area contributed by atoms with Gasteiger partial charge in [-0.1, -0.05) is 90.0 Å². The van der Waals surface area contributed by atoms with Crippen LogP contribution in [0.4, 0.5) is 0 Å². The molecule has 0 radical (unpaired) electrons. The molecule has 0 aromatic rings. The second-order valence-electron chi connectivity index (χ2n) is 7.67. The molecule has 0 aliphatic rings. The van der Waals surface area contributed by atoms with Crippen molar-refractivity contribution in [3.63, 3.8) is 0 Å². The molecule has 0 aliphatic carbocycles. The van der Waals surface area contributed by atoms with Gasteiger partial charge in [-0.15, -0.1) is 6.58 Å². The molecule has 0 fully saturated rings. The molecule has 0 saturated carbocycles. The van der Waals surface area contributed by atoms with Gasteiger partial charge < -0.3 is 5.11 Å². The fourth-order valence-corrected chi connectivity index (χ4v) is 3.47. The topological polar surface area (TPSA) is 63.4 Å². The van der Waals surface area contributed by atoms with Gasteiger partial charge in [0.2, 0.25) is 6.04 Å². The van der Waals surface area contributed by atoms with Crippen LogP contribution in [0, 0.1) is 10.1 Å². The Morgan fingerprint density at radius 3 is 1.81 bits per heavy atom. The molecule has 0 saturated heterocycles. The molecule has 0 bridgehead atoms. The van der Waals surface area contributed by atoms with E-state index in [1.165, 1.54) is 51.4 Å². The van der Waals surface area contributed by atoms with Gasteiger partial charge in [-0.2, -0.15) is 0 Å². The highest BCUT2D eigenvalue weighted by Gasteiger charge is 2.28. The van der Waals surface area contributed by atoms with Gasteiger partial charge in [0.1, 0.15) is 6.10 Å². The molecule has 26 heavy (non-hydrogen) atoms. The van der Waals surface area contributed by atoms with Gasteiger partial charge in [0.25, 0.3) is 0 Å². The summed E-state index contributed by atoms with van der Waals surface area (Å²) in [6.07, 6.45) is 19.9. The number of nitro groups is 1. The average Bonchev–Trinajstić information content (AvgIpc) is 2.62. The normalized spacial score (nSPS) is 13.5. The summed E-state index contributed by atoms with van der Waals surface area (Å²) in [7, 11) is 0. The third-order valence-corrected chi connectivity index (χ3v) is 5.23. The van der Waals surface area contributed by atoms with E-state index in [0.29, 0.717) is 12.8 Å². The molecule has 0 aliphatic heterocycles. The highest BCUT2D eigenvalue weighted by Crippen LogP contribution is 2.17. The largest absolute Gasteiger partial charge is 0.386 e. The molecule has 4 heteroatoms. The molecule has 0 heterocycles. The lowest BCUT2D eigenvalue weighted by Gasteiger charge is -2.16. The Labute approximate surface area is 161 Å². The maximum atomic E-state index is 11.2. The zero-order chi connectivity index (χ0) is 19.5. The molecule has 0 rings (SSSR count). The van der Waals surface area contributed by atoms with Gasteiger partial charge in [0.15, 0.2) is 0 Å². The minimum absolute atomic E-state index is 0.272. The van der Waals surface area contributed by atoms with Crippen molar-refractivity contribution < 1.29 is 10.0 Å². The van der Waals surface area contributed by atoms with E-state index in [2.05, 4.69) is 13.5 Å². The Balaban J connectivity index is 3.56. The standard InChI is InChI=1S/C22H43NO3/c1-3-5-7-9-10-11-12-13-14-15-16-18-20-22(24)21(23(25)26)19-17-8-6-4-2/h3,21-22,24H,1,4-20H2,2H3. The Hall–Kier alpha value is -0.900. The van der Waals surface area contributed by atoms with Crippen molar-refractivity contribution in [1.29, 1.82) is 0 Å². The molecule has 0 aromatic carbocycles. The summed E-state index contributed by atoms with van der Waals surface area (Å²) in [5, 5.41) is 21.3. The Bertz CT molecular complexity index is 333. The zero-order valence-corrected chi connectivity index (χ0v) is 17.2. The fourth-order valence-electron chi connectivity index (χ4n) is 3.47. The molecule has 2 unspecified atom stereocenters. The van der Waals surface area contributed by atoms with Gasteiger partial charge in [0.05, 0.1) is 0 Å². The van der Waals surface area contributed by atoms with Crippen molar-refractivity contribution in [1.82, 2.24) is 0 Å². The van der Waals surface area contributed by atoms with E-state index in [1.54, 1.807) is 0 Å². The molecule has 0 amide bonds. The quantitative estimate of drug-likeness (QED) is 0.111. The molecular weight excluding hydrogens is 326 g/mol. The summed E-state index contributed by atoms with van der Waals surface area (Å²) < 4.78 is 0. The number of nitrogens with zero attached hydrogens (tertiary/aromatic N) is 1. The summed E-state index contributed by atoms with van der Waals surface area (Å²) in [6, 6.07) is -0.770. The van der Waals surface area contributed by atoms with Crippen LogP contribution in [0.15, 0.2) is 12.7 Å². The molecule has 0 aromatic heterocycles. The molecule has 0 spiro atoms. The predicted molar refractivity (Wildman–Crippen MR) is 111 cm³/mol. The van der Waals surface area contributed by atoms with E-state index in [-0.39, 0.29) is 4.92 Å². The second kappa shape index (κ2) is 18.9. The maximum Gasteiger partial charge on any atom is 0.238 e. The van der Waals surface area contributed by atoms with Gasteiger partial charge in [0, 0.05) is 11.3 Å². The van der Waals surface area contributed by atoms with Crippen molar-refractivity contribution in [3.05, 3.63) is 22.8 Å². The first-order chi connectivity index (χ1) is 12.6. The molecule has 1 N–H and O–H groups in total. The first-order valence-electron chi connectivity index (χ1n) is 11.1. The van der Waals surface area contributed by atoms with Crippen LogP contribution in [0.3, 0.4) is 0 Å². The van der Waals surface area contributed by atoms with Crippen LogP contribution in [0.2, 0.25) is 0 Å². The third kappa shape index (κ3) is 15.4. The second-order valence-corrected chi connectivity index (χ2v) is 7.67. The van der Waals surface area contributed by atoms with Gasteiger partial charge >= 0.3 is 0 Å². The van der Waals surface area contributed by atoms with Crippen LogP contribution in [-0.4, -0.2) is 22.2 Å². The smallest absolute Gasteiger partial charge is 0.238 e. The highest BCUT2D eigenvalue weighted by atomic mass is 16.6. The van der Waals surface area contributed by atoms with E-state index in [0.717, 1.165) is 44.9 Å². The van der Waals surface area contributed by atoms with Crippen LogP contribution in [0.1, 0.15) is 116 Å². The number of aliphatic hydroxyl groups excluding tert-OH is 1. The van der Waals surface area contributed by atoms with Gasteiger partial charge in [-0.05, 0) is 25.7 Å². The third-order valence-electron chi connectivity index (χ3n) is 5.23. The number of unbranched alkanes of at least 4 members (excludes halogenated alkanes) is 13. The van der Waals surface area contributed by atoms with Crippen molar-refractivity contribution >= 4 is 0 Å². The number of rotatable bonds is 20. The molecule has 2 atom stereocenters. The van der Waals surface area contributed by atoms with Crippen molar-refractivity contribution in [2.75, 3.05) is 0 Å². The van der Waals surface area contributed by atoms with Gasteiger partial charge in [-0.3, -0.25) is 10.1 Å². The SMILES string of the molecule is C=CCCCCCCCCCCCCC(O)C(CCCCCC)[N+](=O)[O-]. The van der Waals surface area contributed by atoms with Crippen LogP contribution >= 0.6 is 0 Å². The van der Waals surface area contributed by atoms with E-state index in [9.17, 15) is 15.2 Å². The van der Waals surface area contributed by atoms with Crippen LogP contribution in [-0.2, 0) is 0 Å². The Kier molecular flexibility index (Phi) is 18.2. The first-order valence-corrected chi connectivity index (χ1v) is 11.1. The zero-order valence-electron chi connectivity index (χ0n) is 17.2. The van der Waals surface area contributed by atoms with E-state index in [4.69, 9.17) is 0 Å². The average molecular weight is 370 g/mol. The lowest BCUT2D eigenvalue weighted by molar-refractivity contribution is -0.535. The predicted octanol–water partition coefficient (Wildman–Crippen LogP) is 6.83. The number of aliphatic hydroxyl groups is 1. The van der Waals surface area contributed by atoms with Crippen molar-refractivity contribution in [3.8, 4) is 0 Å². The lowest BCUT2D eigenvalue weighted by atomic mass is 9.98. The lowest BCUT2D eigenvalue weighted by Crippen LogP contribution is -2.33. The van der Waals surface area contributed by atoms with E-state index in [1.807, 2.05) is 6.08 Å². The minimum atomic E-state index is -0.776. The minimum Gasteiger partial charge on any atom is -0.386 e. The number of allylic oxidation sites excluding steroid dienone is 1. The number of hydrogen-bond donors (Lipinski definition) is 1. The monoisotopic (exact) mass is 369 g/mol. The van der Waals surface area contributed by atoms with Gasteiger partial charge in [-0.25, -0.2) is 0 Å². The van der Waals surface area contributed by atoms with E-state index < -0.39 is 12.1 Å². The van der Waals surface area contributed by atoms with E-state index >= 15 is 0 Å². The highest BCUT2D eigenvalue weighted by molar-refractivity contribution is 4.69. The summed E-state index contributed by atoms with van der Waals surface area (Å²) in [6.45, 7) is 5.87. The number of hydrogen-bond acceptors (Lipinski definition) is 3. The summed E-state index contributed by atoms with van der Waals surface area (Å²) in [4.78, 5) is 10.9. The molecular formula is C22H43NO3. The maximum absolute atomic E-state index is 11.2. The van der Waals surface area contributed by atoms with Crippen molar-refractivity contribution in [2.45, 2.75) is 128 Å². The summed E-state index contributed by atoms with van der Waals surface area (Å²) in [5.41, 5.74) is 0. The Morgan fingerprint density at radius 1 is 0.846 bits per heavy atom. The van der Waals surface area contributed by atoms with Crippen LogP contribution in [0.5, 0.6) is 0 Å². The first kappa shape index (κ1) is 25.1. The van der Waals surface area contributed by atoms with Crippen molar-refractivity contribution in [2.24, 2.45) is 0 Å². The summed E-state index contributed by atoms with van der Waals surface area (Å²) >= 11 is 0. The fraction of sp³-hybridized carbons (Fsp3) is 0.909. The summed E-state index contributed by atoms with van der Waals surface area (Å²) in [5.74, 6) is 0. The van der Waals surface area contributed by atoms with Crippen LogP contribution in [0.25, 0.3) is 0 Å².